The summed E-state index contributed by atoms with van der Waals surface area (Å²) in [5.74, 6) is 0. The van der Waals surface area contributed by atoms with Gasteiger partial charge in [0.25, 0.3) is 0 Å². The topological polar surface area (TPSA) is 81.7 Å². The summed E-state index contributed by atoms with van der Waals surface area (Å²) in [4.78, 5) is 0.0913. The lowest BCUT2D eigenvalue weighted by Gasteiger charge is -2.11. The standard InChI is InChI=1S/C14H8N2O2S/c15-9-13(10-16)12-6-7-19(17,18)14(8-12)11-4-2-1-3-5-11/h1-8H. The second-order valence-electron chi connectivity index (χ2n) is 3.78. The Morgan fingerprint density at radius 3 is 2.26 bits per heavy atom. The van der Waals surface area contributed by atoms with E-state index in [-0.39, 0.29) is 10.5 Å². The Morgan fingerprint density at radius 2 is 1.68 bits per heavy atom. The van der Waals surface area contributed by atoms with Crippen LogP contribution >= 0.6 is 0 Å². The van der Waals surface area contributed by atoms with Crippen LogP contribution in [0.4, 0.5) is 0 Å². The van der Waals surface area contributed by atoms with Crippen LogP contribution in [0.5, 0.6) is 0 Å². The van der Waals surface area contributed by atoms with E-state index in [0.717, 1.165) is 5.41 Å². The molecule has 92 valence electrons. The van der Waals surface area contributed by atoms with Gasteiger partial charge in [-0.25, -0.2) is 8.42 Å². The van der Waals surface area contributed by atoms with Gasteiger partial charge in [-0.05, 0) is 17.7 Å². The van der Waals surface area contributed by atoms with Gasteiger partial charge < -0.3 is 0 Å². The van der Waals surface area contributed by atoms with Crippen molar-refractivity contribution in [2.24, 2.45) is 0 Å². The van der Waals surface area contributed by atoms with Gasteiger partial charge in [-0.1, -0.05) is 30.3 Å². The molecule has 0 unspecified atom stereocenters. The van der Waals surface area contributed by atoms with Crippen molar-refractivity contribution in [3.63, 3.8) is 0 Å². The number of benzene rings is 1. The first kappa shape index (κ1) is 12.8. The van der Waals surface area contributed by atoms with Crippen LogP contribution in [-0.2, 0) is 9.84 Å². The average Bonchev–Trinajstić information content (AvgIpc) is 2.42. The summed E-state index contributed by atoms with van der Waals surface area (Å²) in [6, 6.07) is 12.1. The highest BCUT2D eigenvalue weighted by Crippen LogP contribution is 2.29. The smallest absolute Gasteiger partial charge is 0.200 e. The Bertz CT molecular complexity index is 770. The summed E-state index contributed by atoms with van der Waals surface area (Å²) in [6.45, 7) is 0. The summed E-state index contributed by atoms with van der Waals surface area (Å²) in [5.41, 5.74) is 0.720. The Morgan fingerprint density at radius 1 is 1.05 bits per heavy atom. The van der Waals surface area contributed by atoms with Gasteiger partial charge in [-0.15, -0.1) is 0 Å². The molecule has 0 atom stereocenters. The first-order valence-corrected chi connectivity index (χ1v) is 6.88. The molecule has 0 saturated carbocycles. The third kappa shape index (κ3) is 2.47. The fourth-order valence-corrected chi connectivity index (χ4v) is 2.90. The van der Waals surface area contributed by atoms with Crippen molar-refractivity contribution in [1.29, 1.82) is 10.5 Å². The predicted molar refractivity (Wildman–Crippen MR) is 70.7 cm³/mol. The van der Waals surface area contributed by atoms with E-state index in [2.05, 4.69) is 0 Å². The average molecular weight is 268 g/mol. The zero-order valence-corrected chi connectivity index (χ0v) is 10.6. The molecule has 1 aromatic rings. The molecule has 5 heteroatoms. The summed E-state index contributed by atoms with van der Waals surface area (Å²) in [7, 11) is -3.53. The Labute approximate surface area is 111 Å². The minimum atomic E-state index is -3.53. The molecule has 1 heterocycles. The molecule has 1 aliphatic heterocycles. The highest BCUT2D eigenvalue weighted by Gasteiger charge is 2.21. The number of nitrogens with zero attached hydrogens (tertiary/aromatic N) is 2. The number of nitriles is 2. The zero-order chi connectivity index (χ0) is 13.9. The molecule has 0 bridgehead atoms. The van der Waals surface area contributed by atoms with Crippen LogP contribution in [0.2, 0.25) is 0 Å². The second kappa shape index (κ2) is 4.93. The quantitative estimate of drug-likeness (QED) is 0.732. The largest absolute Gasteiger partial charge is 0.219 e. The van der Waals surface area contributed by atoms with Crippen LogP contribution in [0.3, 0.4) is 0 Å². The van der Waals surface area contributed by atoms with Crippen LogP contribution in [0, 0.1) is 22.7 Å². The third-order valence-electron chi connectivity index (χ3n) is 2.59. The number of rotatable bonds is 1. The van der Waals surface area contributed by atoms with E-state index >= 15 is 0 Å². The zero-order valence-electron chi connectivity index (χ0n) is 9.74. The lowest BCUT2D eigenvalue weighted by atomic mass is 10.1. The van der Waals surface area contributed by atoms with E-state index in [1.807, 2.05) is 0 Å². The normalized spacial score (nSPS) is 16.1. The maximum absolute atomic E-state index is 12.0. The van der Waals surface area contributed by atoms with Crippen LogP contribution in [0.1, 0.15) is 5.56 Å². The van der Waals surface area contributed by atoms with Crippen molar-refractivity contribution in [3.05, 3.63) is 64.6 Å². The van der Waals surface area contributed by atoms with Crippen LogP contribution in [0.15, 0.2) is 59.0 Å². The maximum atomic E-state index is 12.0. The van der Waals surface area contributed by atoms with Crippen LogP contribution < -0.4 is 0 Å². The molecule has 1 aromatic carbocycles. The number of sulfone groups is 1. The van der Waals surface area contributed by atoms with Crippen LogP contribution in [-0.4, -0.2) is 8.42 Å². The van der Waals surface area contributed by atoms with E-state index in [9.17, 15) is 8.42 Å². The highest BCUT2D eigenvalue weighted by atomic mass is 32.2. The predicted octanol–water partition coefficient (Wildman–Crippen LogP) is 2.31. The molecule has 0 aliphatic carbocycles. The molecule has 19 heavy (non-hydrogen) atoms. The second-order valence-corrected chi connectivity index (χ2v) is 5.58. The molecular weight excluding hydrogens is 260 g/mol. The van der Waals surface area contributed by atoms with Gasteiger partial charge in [-0.3, -0.25) is 0 Å². The van der Waals surface area contributed by atoms with E-state index in [0.29, 0.717) is 11.1 Å². The molecule has 1 aliphatic rings. The van der Waals surface area contributed by atoms with Gasteiger partial charge in [0.2, 0.25) is 0 Å². The van der Waals surface area contributed by atoms with Gasteiger partial charge in [0.15, 0.2) is 9.84 Å². The van der Waals surface area contributed by atoms with Crippen molar-refractivity contribution < 1.29 is 8.42 Å². The molecule has 0 radical (unpaired) electrons. The van der Waals surface area contributed by atoms with E-state index in [1.54, 1.807) is 42.5 Å². The monoisotopic (exact) mass is 268 g/mol. The van der Waals surface area contributed by atoms with Gasteiger partial charge >= 0.3 is 0 Å². The fraction of sp³-hybridized carbons (Fsp3) is 0. The van der Waals surface area contributed by atoms with Crippen LogP contribution in [0.25, 0.3) is 4.91 Å². The van der Waals surface area contributed by atoms with Gasteiger partial charge in [-0.2, -0.15) is 10.5 Å². The third-order valence-corrected chi connectivity index (χ3v) is 4.05. The summed E-state index contributed by atoms with van der Waals surface area (Å²) >= 11 is 0. The number of hydrogen-bond acceptors (Lipinski definition) is 4. The lowest BCUT2D eigenvalue weighted by molar-refractivity contribution is 0.613. The summed E-state index contributed by atoms with van der Waals surface area (Å²) in [6.07, 6.45) is 2.62. The van der Waals surface area contributed by atoms with Crippen molar-refractivity contribution in [1.82, 2.24) is 0 Å². The number of allylic oxidation sites excluding steroid dienone is 4. The first-order chi connectivity index (χ1) is 9.08. The molecule has 0 aromatic heterocycles. The van der Waals surface area contributed by atoms with Gasteiger partial charge in [0.1, 0.15) is 17.7 Å². The van der Waals surface area contributed by atoms with E-state index < -0.39 is 9.84 Å². The van der Waals surface area contributed by atoms with E-state index in [4.69, 9.17) is 10.5 Å². The van der Waals surface area contributed by atoms with Gasteiger partial charge in [0.05, 0.1) is 4.91 Å². The minimum Gasteiger partial charge on any atom is -0.219 e. The molecule has 2 rings (SSSR count). The Hall–Kier alpha value is -2.63. The molecule has 0 amide bonds. The molecule has 0 N–H and O–H groups in total. The van der Waals surface area contributed by atoms with Crippen molar-refractivity contribution in [3.8, 4) is 12.1 Å². The van der Waals surface area contributed by atoms with Crippen molar-refractivity contribution in [2.75, 3.05) is 0 Å². The SMILES string of the molecule is N#CC(C#N)=C1C=CS(=O)(=O)C(c2ccccc2)=C1. The molecule has 0 fully saturated rings. The highest BCUT2D eigenvalue weighted by molar-refractivity contribution is 8.03. The van der Waals surface area contributed by atoms with E-state index in [1.165, 1.54) is 12.2 Å². The molecule has 0 saturated heterocycles. The summed E-state index contributed by atoms with van der Waals surface area (Å²) in [5, 5.41) is 18.7. The maximum Gasteiger partial charge on any atom is 0.200 e. The Balaban J connectivity index is 2.68. The molecule has 4 nitrogen and oxygen atoms in total. The Kier molecular flexibility index (Phi) is 3.33. The summed E-state index contributed by atoms with van der Waals surface area (Å²) < 4.78 is 24.0. The minimum absolute atomic E-state index is 0.0913. The number of hydrogen-bond donors (Lipinski definition) is 0. The molecular formula is C14H8N2O2S. The fourth-order valence-electron chi connectivity index (χ4n) is 1.67. The first-order valence-electron chi connectivity index (χ1n) is 5.33. The van der Waals surface area contributed by atoms with Crippen molar-refractivity contribution >= 4 is 14.7 Å². The lowest BCUT2D eigenvalue weighted by Crippen LogP contribution is -2.04. The van der Waals surface area contributed by atoms with Crippen molar-refractivity contribution in [2.45, 2.75) is 0 Å². The molecule has 0 spiro atoms. The van der Waals surface area contributed by atoms with Gasteiger partial charge in [0, 0.05) is 11.0 Å².